The minimum absolute atomic E-state index is 0.568. The van der Waals surface area contributed by atoms with Gasteiger partial charge in [0, 0.05) is 31.4 Å². The number of hydrogen-bond donors (Lipinski definition) is 1. The van der Waals surface area contributed by atoms with Crippen molar-refractivity contribution in [2.24, 2.45) is 5.73 Å². The normalized spacial score (nSPS) is 10.5. The van der Waals surface area contributed by atoms with E-state index in [1.54, 1.807) is 0 Å². The minimum Gasteiger partial charge on any atom is -0.356 e. The van der Waals surface area contributed by atoms with E-state index < -0.39 is 0 Å². The van der Waals surface area contributed by atoms with Gasteiger partial charge in [0.05, 0.1) is 0 Å². The summed E-state index contributed by atoms with van der Waals surface area (Å²) >= 11 is 0. The molecule has 0 amide bonds. The number of aryl methyl sites for hydroxylation is 1. The third-order valence-corrected chi connectivity index (χ3v) is 2.76. The Balaban J connectivity index is 3.02. The predicted octanol–water partition coefficient (Wildman–Crippen LogP) is 2.48. The first kappa shape index (κ1) is 13.0. The van der Waals surface area contributed by atoms with Crippen LogP contribution in [-0.2, 0) is 6.54 Å². The fourth-order valence-electron chi connectivity index (χ4n) is 1.96. The first-order chi connectivity index (χ1) is 7.74. The summed E-state index contributed by atoms with van der Waals surface area (Å²) in [5.74, 6) is 1.08. The maximum Gasteiger partial charge on any atom is 0.133 e. The molecule has 1 aromatic heterocycles. The van der Waals surface area contributed by atoms with E-state index in [9.17, 15) is 0 Å². The van der Waals surface area contributed by atoms with Crippen molar-refractivity contribution in [2.45, 2.75) is 40.2 Å². The van der Waals surface area contributed by atoms with E-state index in [0.717, 1.165) is 31.7 Å². The zero-order valence-electron chi connectivity index (χ0n) is 10.7. The molecule has 3 heteroatoms. The Kier molecular flexibility index (Phi) is 5.26. The summed E-state index contributed by atoms with van der Waals surface area (Å²) in [5.41, 5.74) is 8.24. The number of aromatic nitrogens is 1. The van der Waals surface area contributed by atoms with Crippen LogP contribution >= 0.6 is 0 Å². The first-order valence-corrected chi connectivity index (χ1v) is 6.14. The molecule has 0 aliphatic rings. The van der Waals surface area contributed by atoms with Crippen LogP contribution in [0.4, 0.5) is 5.82 Å². The van der Waals surface area contributed by atoms with Gasteiger partial charge in [-0.2, -0.15) is 0 Å². The summed E-state index contributed by atoms with van der Waals surface area (Å²) < 4.78 is 0. The second kappa shape index (κ2) is 6.48. The number of pyridine rings is 1. The highest BCUT2D eigenvalue weighted by Gasteiger charge is 2.11. The molecule has 2 N–H and O–H groups in total. The Morgan fingerprint density at radius 3 is 2.38 bits per heavy atom. The van der Waals surface area contributed by atoms with E-state index >= 15 is 0 Å². The van der Waals surface area contributed by atoms with Crippen molar-refractivity contribution < 1.29 is 0 Å². The smallest absolute Gasteiger partial charge is 0.133 e. The average Bonchev–Trinajstić information content (AvgIpc) is 2.28. The monoisotopic (exact) mass is 221 g/mol. The fraction of sp³-hybridized carbons (Fsp3) is 0.615. The molecule has 0 unspecified atom stereocenters. The van der Waals surface area contributed by atoms with Crippen LogP contribution in [0.15, 0.2) is 12.3 Å². The van der Waals surface area contributed by atoms with E-state index in [1.807, 2.05) is 12.3 Å². The summed E-state index contributed by atoms with van der Waals surface area (Å²) in [4.78, 5) is 6.84. The Morgan fingerprint density at radius 1 is 1.25 bits per heavy atom. The van der Waals surface area contributed by atoms with E-state index in [2.05, 4.69) is 30.7 Å². The molecule has 0 aliphatic heterocycles. The van der Waals surface area contributed by atoms with Gasteiger partial charge in [-0.25, -0.2) is 4.98 Å². The molecule has 0 fully saturated rings. The highest BCUT2D eigenvalue weighted by Crippen LogP contribution is 2.20. The van der Waals surface area contributed by atoms with Gasteiger partial charge >= 0.3 is 0 Å². The van der Waals surface area contributed by atoms with Crippen molar-refractivity contribution in [2.75, 3.05) is 18.0 Å². The Morgan fingerprint density at radius 2 is 1.88 bits per heavy atom. The lowest BCUT2D eigenvalue weighted by Crippen LogP contribution is -2.27. The Hall–Kier alpha value is -1.09. The van der Waals surface area contributed by atoms with Crippen molar-refractivity contribution in [3.05, 3.63) is 23.4 Å². The number of nitrogens with zero attached hydrogens (tertiary/aromatic N) is 2. The molecule has 0 bridgehead atoms. The topological polar surface area (TPSA) is 42.2 Å². The zero-order valence-corrected chi connectivity index (χ0v) is 10.7. The summed E-state index contributed by atoms with van der Waals surface area (Å²) in [6.07, 6.45) is 4.15. The highest BCUT2D eigenvalue weighted by atomic mass is 15.2. The summed E-state index contributed by atoms with van der Waals surface area (Å²) in [6, 6.07) is 2.03. The summed E-state index contributed by atoms with van der Waals surface area (Å²) in [7, 11) is 0. The third-order valence-electron chi connectivity index (χ3n) is 2.76. The molecule has 0 spiro atoms. The Bertz CT molecular complexity index is 317. The molecule has 0 atom stereocenters. The van der Waals surface area contributed by atoms with Crippen LogP contribution < -0.4 is 10.6 Å². The number of rotatable bonds is 6. The maximum absolute atomic E-state index is 5.81. The van der Waals surface area contributed by atoms with E-state index in [-0.39, 0.29) is 0 Å². The molecule has 0 aliphatic carbocycles. The molecule has 0 saturated carbocycles. The summed E-state index contributed by atoms with van der Waals surface area (Å²) in [5, 5.41) is 0. The second-order valence-electron chi connectivity index (χ2n) is 4.12. The van der Waals surface area contributed by atoms with Gasteiger partial charge in [-0.15, -0.1) is 0 Å². The lowest BCUT2D eigenvalue weighted by atomic mass is 10.1. The minimum atomic E-state index is 0.568. The lowest BCUT2D eigenvalue weighted by Gasteiger charge is -2.25. The molecular formula is C13H23N3. The van der Waals surface area contributed by atoms with Gasteiger partial charge in [-0.05, 0) is 31.4 Å². The lowest BCUT2D eigenvalue weighted by molar-refractivity contribution is 0.727. The third kappa shape index (κ3) is 2.95. The van der Waals surface area contributed by atoms with E-state index in [0.29, 0.717) is 6.54 Å². The van der Waals surface area contributed by atoms with E-state index in [1.165, 1.54) is 11.1 Å². The van der Waals surface area contributed by atoms with Gasteiger partial charge in [0.15, 0.2) is 0 Å². The fourth-order valence-corrected chi connectivity index (χ4v) is 1.96. The molecule has 0 saturated heterocycles. The quantitative estimate of drug-likeness (QED) is 0.802. The SMILES string of the molecule is CCCN(CCC)c1nccc(C)c1CN. The number of hydrogen-bond acceptors (Lipinski definition) is 3. The van der Waals surface area contributed by atoms with Gasteiger partial charge in [-0.3, -0.25) is 0 Å². The van der Waals surface area contributed by atoms with Gasteiger partial charge in [0.2, 0.25) is 0 Å². The summed E-state index contributed by atoms with van der Waals surface area (Å²) in [6.45, 7) is 9.16. The van der Waals surface area contributed by atoms with Crippen molar-refractivity contribution in [1.29, 1.82) is 0 Å². The van der Waals surface area contributed by atoms with Gasteiger partial charge < -0.3 is 10.6 Å². The predicted molar refractivity (Wildman–Crippen MR) is 69.7 cm³/mol. The average molecular weight is 221 g/mol. The van der Waals surface area contributed by atoms with Gasteiger partial charge in [0.1, 0.15) is 5.82 Å². The standard InChI is InChI=1S/C13H23N3/c1-4-8-16(9-5-2)13-12(10-14)11(3)6-7-15-13/h6-7H,4-5,8-10,14H2,1-3H3. The second-order valence-corrected chi connectivity index (χ2v) is 4.12. The number of anilines is 1. The molecule has 3 nitrogen and oxygen atoms in total. The molecule has 16 heavy (non-hydrogen) atoms. The molecule has 1 aromatic rings. The maximum atomic E-state index is 5.81. The van der Waals surface area contributed by atoms with Gasteiger partial charge in [0.25, 0.3) is 0 Å². The molecule has 90 valence electrons. The van der Waals surface area contributed by atoms with Crippen molar-refractivity contribution in [1.82, 2.24) is 4.98 Å². The highest BCUT2D eigenvalue weighted by molar-refractivity contribution is 5.50. The molecule has 1 heterocycles. The van der Waals surface area contributed by atoms with Crippen LogP contribution in [0.2, 0.25) is 0 Å². The van der Waals surface area contributed by atoms with Crippen LogP contribution in [-0.4, -0.2) is 18.1 Å². The van der Waals surface area contributed by atoms with Crippen LogP contribution in [0, 0.1) is 6.92 Å². The molecule has 0 radical (unpaired) electrons. The van der Waals surface area contributed by atoms with Crippen LogP contribution in [0.1, 0.15) is 37.8 Å². The largest absolute Gasteiger partial charge is 0.356 e. The van der Waals surface area contributed by atoms with Gasteiger partial charge in [-0.1, -0.05) is 13.8 Å². The molecule has 1 rings (SSSR count). The van der Waals surface area contributed by atoms with Crippen LogP contribution in [0.5, 0.6) is 0 Å². The van der Waals surface area contributed by atoms with E-state index in [4.69, 9.17) is 5.73 Å². The van der Waals surface area contributed by atoms with Crippen molar-refractivity contribution >= 4 is 5.82 Å². The Labute approximate surface area is 98.7 Å². The van der Waals surface area contributed by atoms with Crippen LogP contribution in [0.25, 0.3) is 0 Å². The molecule has 0 aromatic carbocycles. The molecular weight excluding hydrogens is 198 g/mol. The number of nitrogens with two attached hydrogens (primary N) is 1. The zero-order chi connectivity index (χ0) is 12.0. The first-order valence-electron chi connectivity index (χ1n) is 6.14. The van der Waals surface area contributed by atoms with Crippen molar-refractivity contribution in [3.63, 3.8) is 0 Å². The van der Waals surface area contributed by atoms with Crippen molar-refractivity contribution in [3.8, 4) is 0 Å². The van der Waals surface area contributed by atoms with Crippen LogP contribution in [0.3, 0.4) is 0 Å².